The topological polar surface area (TPSA) is 42.4 Å². The Morgan fingerprint density at radius 2 is 0.747 bits per heavy atom. The molecule has 4 aromatic rings. The molecule has 508 valence electrons. The van der Waals surface area contributed by atoms with Gasteiger partial charge in [-0.2, -0.15) is 39.5 Å². The predicted octanol–water partition coefficient (Wildman–Crippen LogP) is 20.1. The van der Waals surface area contributed by atoms with Crippen molar-refractivity contribution in [3.63, 3.8) is 0 Å². The molecule has 3 atom stereocenters. The number of rotatable bonds is 18. The third-order valence-corrected chi connectivity index (χ3v) is 18.9. The molecular formula is C76H109F9N4O2. The molecule has 4 saturated heterocycles. The monoisotopic (exact) mass is 1280 g/mol. The van der Waals surface area contributed by atoms with E-state index in [-0.39, 0.29) is 41.9 Å². The molecule has 0 radical (unpaired) electrons. The lowest BCUT2D eigenvalue weighted by atomic mass is 9.77. The van der Waals surface area contributed by atoms with Gasteiger partial charge in [0.25, 0.3) is 0 Å². The summed E-state index contributed by atoms with van der Waals surface area (Å²) in [5.41, 5.74) is 3.47. The van der Waals surface area contributed by atoms with E-state index in [1.807, 2.05) is 37.3 Å². The Hall–Kier alpha value is -4.93. The number of hydrogen-bond acceptors (Lipinski definition) is 6. The molecule has 6 nitrogen and oxygen atoms in total. The van der Waals surface area contributed by atoms with Crippen LogP contribution in [0.4, 0.5) is 39.5 Å². The Morgan fingerprint density at radius 3 is 1.05 bits per heavy atom. The minimum Gasteiger partial charge on any atom is -0.490 e. The van der Waals surface area contributed by atoms with Crippen molar-refractivity contribution in [2.45, 2.75) is 245 Å². The number of alkyl halides is 9. The van der Waals surface area contributed by atoms with Crippen molar-refractivity contribution < 1.29 is 49.4 Å². The molecule has 0 spiro atoms. The van der Waals surface area contributed by atoms with Crippen LogP contribution in [0.5, 0.6) is 5.75 Å². The number of likely N-dealkylation sites (tertiary alicyclic amines) is 4. The van der Waals surface area contributed by atoms with Crippen molar-refractivity contribution in [1.29, 1.82) is 0 Å². The van der Waals surface area contributed by atoms with Gasteiger partial charge in [-0.1, -0.05) is 145 Å². The van der Waals surface area contributed by atoms with E-state index >= 15 is 0 Å². The molecule has 4 aliphatic heterocycles. The third kappa shape index (κ3) is 24.1. The highest BCUT2D eigenvalue weighted by molar-refractivity contribution is 5.33. The van der Waals surface area contributed by atoms with E-state index < -0.39 is 40.8 Å². The summed E-state index contributed by atoms with van der Waals surface area (Å²) in [4.78, 5) is 10.2. The highest BCUT2D eigenvalue weighted by Gasteiger charge is 2.38. The quantitative estimate of drug-likeness (QED) is 0.0791. The van der Waals surface area contributed by atoms with Crippen LogP contribution in [0, 0.1) is 0 Å². The second kappa shape index (κ2) is 33.0. The maximum Gasteiger partial charge on any atom is 0.416 e. The van der Waals surface area contributed by atoms with Gasteiger partial charge in [-0.05, 0) is 214 Å². The van der Waals surface area contributed by atoms with Gasteiger partial charge >= 0.3 is 18.5 Å². The van der Waals surface area contributed by atoms with Gasteiger partial charge in [-0.25, -0.2) is 0 Å². The predicted molar refractivity (Wildman–Crippen MR) is 357 cm³/mol. The zero-order valence-electron chi connectivity index (χ0n) is 56.1. The second-order valence-electron chi connectivity index (χ2n) is 29.0. The molecule has 0 amide bonds. The number of piperidine rings is 4. The van der Waals surface area contributed by atoms with E-state index in [1.165, 1.54) is 98.3 Å². The highest BCUT2D eigenvalue weighted by atomic mass is 19.4. The van der Waals surface area contributed by atoms with Crippen molar-refractivity contribution >= 4 is 0 Å². The fraction of sp³-hybridized carbons (Fsp3) is 0.605. The Balaban J connectivity index is 0.000000248. The maximum atomic E-state index is 13.0. The summed E-state index contributed by atoms with van der Waals surface area (Å²) in [5, 5.41) is 10.2. The summed E-state index contributed by atoms with van der Waals surface area (Å²) < 4.78 is 122. The van der Waals surface area contributed by atoms with Crippen LogP contribution in [0.15, 0.2) is 138 Å². The maximum absolute atomic E-state index is 13.0. The fourth-order valence-corrected chi connectivity index (χ4v) is 13.5. The Bertz CT molecular complexity index is 2860. The molecule has 4 aromatic carbocycles. The summed E-state index contributed by atoms with van der Waals surface area (Å²) in [7, 11) is 0. The molecule has 0 aliphatic carbocycles. The average molecular weight is 1280 g/mol. The Labute approximate surface area is 541 Å². The molecule has 3 unspecified atom stereocenters. The van der Waals surface area contributed by atoms with Gasteiger partial charge in [0.05, 0.1) is 22.3 Å². The standard InChI is InChI=1S/C27H34F3NO.C26H39F3N2.C22H32F3NO.CH4/c1-20(2)18-23(19-26(3,4)21-10-12-22(13-11-21)27(28,29)30)31-16-14-25(15-17-31)32-24-8-6-5-7-9-24;1-20(2)18-24(31-16-12-23(13-17-31)30-14-6-5-7-15-30)19-25(3,4)21-8-10-22(11-9-21)26(27,28)29;1-16(2)14-19(26-12-10-21(5,27)11-13-26)15-20(3,4)17-6-8-18(9-7-17)22(23,24)25;/h5-13,18,23,25H,14-17,19H2,1-4H3;8-11,18,23-24H,5-7,12-17,19H2,1-4H3;6-9,14,19,27H,10-13,15H2,1-5H3;1H4. The summed E-state index contributed by atoms with van der Waals surface area (Å²) in [5.74, 6) is 0.912. The van der Waals surface area contributed by atoms with E-state index in [1.54, 1.807) is 36.4 Å². The van der Waals surface area contributed by atoms with Gasteiger partial charge in [0, 0.05) is 63.4 Å². The first kappa shape index (κ1) is 76.8. The van der Waals surface area contributed by atoms with Crippen molar-refractivity contribution in [3.8, 4) is 5.75 Å². The van der Waals surface area contributed by atoms with Crippen molar-refractivity contribution in [2.75, 3.05) is 52.4 Å². The van der Waals surface area contributed by atoms with Crippen molar-refractivity contribution in [1.82, 2.24) is 19.6 Å². The second-order valence-corrected chi connectivity index (χ2v) is 29.0. The molecule has 8 rings (SSSR count). The first-order valence-electron chi connectivity index (χ1n) is 32.8. The van der Waals surface area contributed by atoms with Gasteiger partial charge in [0.15, 0.2) is 0 Å². The van der Waals surface area contributed by atoms with Gasteiger partial charge < -0.3 is 14.7 Å². The van der Waals surface area contributed by atoms with Crippen LogP contribution in [-0.2, 0) is 34.8 Å². The summed E-state index contributed by atoms with van der Waals surface area (Å²) in [6, 6.07) is 28.3. The summed E-state index contributed by atoms with van der Waals surface area (Å²) in [6.07, 6.45) is 6.63. The van der Waals surface area contributed by atoms with E-state index in [0.717, 1.165) is 107 Å². The molecule has 91 heavy (non-hydrogen) atoms. The van der Waals surface area contributed by atoms with E-state index in [0.29, 0.717) is 12.1 Å². The number of ether oxygens (including phenoxy) is 1. The molecule has 1 N–H and O–H groups in total. The first-order valence-corrected chi connectivity index (χ1v) is 32.8. The number of hydrogen-bond donors (Lipinski definition) is 1. The van der Waals surface area contributed by atoms with Crippen LogP contribution < -0.4 is 4.74 Å². The van der Waals surface area contributed by atoms with Crippen LogP contribution in [0.3, 0.4) is 0 Å². The lowest BCUT2D eigenvalue weighted by Gasteiger charge is -2.43. The highest BCUT2D eigenvalue weighted by Crippen LogP contribution is 2.40. The number of halogens is 9. The smallest absolute Gasteiger partial charge is 0.416 e. The zero-order valence-corrected chi connectivity index (χ0v) is 56.1. The van der Waals surface area contributed by atoms with Gasteiger partial charge in [0.1, 0.15) is 11.9 Å². The average Bonchev–Trinajstić information content (AvgIpc) is 2.01. The summed E-state index contributed by atoms with van der Waals surface area (Å²) >= 11 is 0. The third-order valence-electron chi connectivity index (χ3n) is 18.9. The molecule has 0 bridgehead atoms. The normalized spacial score (nSPS) is 19.0. The molecule has 15 heteroatoms. The molecular weight excluding hydrogens is 1170 g/mol. The fourth-order valence-electron chi connectivity index (χ4n) is 13.5. The molecule has 4 aliphatic rings. The zero-order chi connectivity index (χ0) is 66.5. The lowest BCUT2D eigenvalue weighted by Crippen LogP contribution is -2.49. The number of aliphatic hydroxyl groups is 1. The number of benzene rings is 4. The first-order chi connectivity index (χ1) is 41.9. The van der Waals surface area contributed by atoms with Gasteiger partial charge in [-0.15, -0.1) is 0 Å². The molecule has 4 heterocycles. The minimum absolute atomic E-state index is 0. The van der Waals surface area contributed by atoms with Crippen molar-refractivity contribution in [2.24, 2.45) is 0 Å². The Kier molecular flexibility index (Phi) is 27.8. The van der Waals surface area contributed by atoms with Gasteiger partial charge in [0.2, 0.25) is 0 Å². The Morgan fingerprint density at radius 1 is 0.451 bits per heavy atom. The SMILES string of the molecule is C.CC(C)=CC(CC(C)(C)c1ccc(C(F)(F)F)cc1)N1CCC(C)(O)CC1.CC(C)=CC(CC(C)(C)c1ccc(C(F)(F)F)cc1)N1CCC(N2CCCCC2)CC1.CC(C)=CC(CC(C)(C)c1ccc(C(F)(F)F)cc1)N1CCC(Oc2ccccc2)CC1. The van der Waals surface area contributed by atoms with E-state index in [4.69, 9.17) is 4.74 Å². The number of para-hydroxylation sites is 1. The summed E-state index contributed by atoms with van der Waals surface area (Å²) in [6.45, 7) is 35.4. The van der Waals surface area contributed by atoms with Crippen LogP contribution in [-0.4, -0.2) is 113 Å². The van der Waals surface area contributed by atoms with Crippen LogP contribution in [0.25, 0.3) is 0 Å². The van der Waals surface area contributed by atoms with E-state index in [2.05, 4.69) is 121 Å². The number of allylic oxidation sites excluding steroid dienone is 3. The molecule has 4 fully saturated rings. The van der Waals surface area contributed by atoms with Gasteiger partial charge in [-0.3, -0.25) is 14.7 Å². The largest absolute Gasteiger partial charge is 0.490 e. The minimum atomic E-state index is -4.31. The van der Waals surface area contributed by atoms with Crippen molar-refractivity contribution in [3.05, 3.63) is 171 Å². The molecule has 0 saturated carbocycles. The van der Waals surface area contributed by atoms with E-state index in [9.17, 15) is 44.6 Å². The molecule has 0 aromatic heterocycles. The van der Waals surface area contributed by atoms with Crippen LogP contribution >= 0.6 is 0 Å². The lowest BCUT2D eigenvalue weighted by molar-refractivity contribution is -0.138. The van der Waals surface area contributed by atoms with Crippen LogP contribution in [0.1, 0.15) is 208 Å². The number of nitrogens with zero attached hydrogens (tertiary/aromatic N) is 4. The van der Waals surface area contributed by atoms with Crippen LogP contribution in [0.2, 0.25) is 0 Å².